The van der Waals surface area contributed by atoms with Gasteiger partial charge in [0.15, 0.2) is 0 Å². The molecule has 0 aliphatic carbocycles. The van der Waals surface area contributed by atoms with Crippen LogP contribution in [0.1, 0.15) is 43.3 Å². The fraction of sp³-hybridized carbons (Fsp3) is 0.833. The molecule has 4 nitrogen and oxygen atoms in total. The van der Waals surface area contributed by atoms with Gasteiger partial charge in [-0.05, 0) is 12.3 Å². The van der Waals surface area contributed by atoms with E-state index in [1.54, 1.807) is 11.3 Å². The Morgan fingerprint density at radius 2 is 2.29 bits per heavy atom. The SMILES string of the molecule is CC(C)NCCc1nnc(C2OCCC2C)s1. The molecule has 0 bridgehead atoms. The molecule has 0 spiro atoms. The van der Waals surface area contributed by atoms with Crippen molar-refractivity contribution in [2.75, 3.05) is 13.2 Å². The molecular formula is C12H21N3OS. The second kappa shape index (κ2) is 5.89. The van der Waals surface area contributed by atoms with Crippen molar-refractivity contribution < 1.29 is 4.74 Å². The summed E-state index contributed by atoms with van der Waals surface area (Å²) in [4.78, 5) is 0. The Morgan fingerprint density at radius 3 is 2.94 bits per heavy atom. The van der Waals surface area contributed by atoms with E-state index in [9.17, 15) is 0 Å². The first-order valence-corrected chi connectivity index (χ1v) is 7.15. The lowest BCUT2D eigenvalue weighted by Gasteiger charge is -2.09. The fourth-order valence-electron chi connectivity index (χ4n) is 1.96. The minimum absolute atomic E-state index is 0.180. The number of nitrogens with one attached hydrogen (secondary N) is 1. The van der Waals surface area contributed by atoms with Gasteiger partial charge < -0.3 is 10.1 Å². The minimum atomic E-state index is 0.180. The summed E-state index contributed by atoms with van der Waals surface area (Å²) >= 11 is 1.70. The van der Waals surface area contributed by atoms with Crippen molar-refractivity contribution in [1.29, 1.82) is 0 Å². The molecule has 0 radical (unpaired) electrons. The van der Waals surface area contributed by atoms with Gasteiger partial charge in [0.05, 0.1) is 0 Å². The van der Waals surface area contributed by atoms with Gasteiger partial charge in [0.25, 0.3) is 0 Å². The molecule has 1 N–H and O–H groups in total. The Balaban J connectivity index is 1.87. The minimum Gasteiger partial charge on any atom is -0.371 e. The molecule has 5 heteroatoms. The summed E-state index contributed by atoms with van der Waals surface area (Å²) in [6.45, 7) is 8.35. The van der Waals surface area contributed by atoms with Crippen molar-refractivity contribution in [3.05, 3.63) is 10.0 Å². The number of nitrogens with zero attached hydrogens (tertiary/aromatic N) is 2. The molecule has 1 saturated heterocycles. The van der Waals surface area contributed by atoms with E-state index in [4.69, 9.17) is 4.74 Å². The van der Waals surface area contributed by atoms with Crippen LogP contribution in [-0.4, -0.2) is 29.4 Å². The van der Waals surface area contributed by atoms with Gasteiger partial charge in [-0.15, -0.1) is 10.2 Å². The normalized spacial score (nSPS) is 24.7. The maximum absolute atomic E-state index is 5.70. The van der Waals surface area contributed by atoms with Crippen LogP contribution in [-0.2, 0) is 11.2 Å². The van der Waals surface area contributed by atoms with E-state index in [1.165, 1.54) is 0 Å². The highest BCUT2D eigenvalue weighted by Gasteiger charge is 2.28. The molecule has 0 amide bonds. The van der Waals surface area contributed by atoms with E-state index < -0.39 is 0 Å². The van der Waals surface area contributed by atoms with Crippen molar-refractivity contribution in [2.24, 2.45) is 5.92 Å². The molecule has 2 rings (SSSR count). The van der Waals surface area contributed by atoms with E-state index in [-0.39, 0.29) is 6.10 Å². The van der Waals surface area contributed by atoms with Crippen molar-refractivity contribution in [3.63, 3.8) is 0 Å². The van der Waals surface area contributed by atoms with Gasteiger partial charge in [0.1, 0.15) is 16.1 Å². The van der Waals surface area contributed by atoms with Gasteiger partial charge in [-0.25, -0.2) is 0 Å². The summed E-state index contributed by atoms with van der Waals surface area (Å²) < 4.78 is 5.70. The van der Waals surface area contributed by atoms with Crippen LogP contribution >= 0.6 is 11.3 Å². The van der Waals surface area contributed by atoms with Crippen LogP contribution in [0.3, 0.4) is 0 Å². The molecule has 2 heterocycles. The molecule has 2 unspecified atom stereocenters. The number of ether oxygens (including phenoxy) is 1. The van der Waals surface area contributed by atoms with Crippen LogP contribution < -0.4 is 5.32 Å². The molecule has 0 saturated carbocycles. The van der Waals surface area contributed by atoms with Crippen LogP contribution in [0.15, 0.2) is 0 Å². The second-order valence-electron chi connectivity index (χ2n) is 4.95. The quantitative estimate of drug-likeness (QED) is 0.876. The van der Waals surface area contributed by atoms with E-state index in [2.05, 4.69) is 36.3 Å². The first-order chi connectivity index (χ1) is 8.16. The lowest BCUT2D eigenvalue weighted by Crippen LogP contribution is -2.24. The summed E-state index contributed by atoms with van der Waals surface area (Å²) in [6.07, 6.45) is 2.27. The summed E-state index contributed by atoms with van der Waals surface area (Å²) in [6, 6.07) is 0.528. The van der Waals surface area contributed by atoms with Crippen LogP contribution in [0.25, 0.3) is 0 Å². The molecule has 0 aromatic carbocycles. The smallest absolute Gasteiger partial charge is 0.146 e. The Hall–Kier alpha value is -0.520. The predicted octanol–water partition coefficient (Wildman–Crippen LogP) is 2.18. The summed E-state index contributed by atoms with van der Waals surface area (Å²) in [5.74, 6) is 0.574. The van der Waals surface area contributed by atoms with Gasteiger partial charge in [-0.1, -0.05) is 32.1 Å². The summed E-state index contributed by atoms with van der Waals surface area (Å²) in [5.41, 5.74) is 0. The Kier molecular flexibility index (Phi) is 4.48. The molecule has 1 aliphatic heterocycles. The van der Waals surface area contributed by atoms with E-state index in [0.717, 1.165) is 36.0 Å². The summed E-state index contributed by atoms with van der Waals surface area (Å²) in [7, 11) is 0. The number of hydrogen-bond acceptors (Lipinski definition) is 5. The van der Waals surface area contributed by atoms with Gasteiger partial charge in [-0.2, -0.15) is 0 Å². The second-order valence-corrected chi connectivity index (χ2v) is 6.04. The molecule has 2 atom stereocenters. The van der Waals surface area contributed by atoms with Gasteiger partial charge in [-0.3, -0.25) is 0 Å². The van der Waals surface area contributed by atoms with Crippen molar-refractivity contribution in [3.8, 4) is 0 Å². The van der Waals surface area contributed by atoms with Gasteiger partial charge in [0.2, 0.25) is 0 Å². The van der Waals surface area contributed by atoms with Crippen LogP contribution in [0.5, 0.6) is 0 Å². The van der Waals surface area contributed by atoms with Gasteiger partial charge in [0, 0.05) is 25.6 Å². The average Bonchev–Trinajstić information content (AvgIpc) is 2.86. The Morgan fingerprint density at radius 1 is 1.47 bits per heavy atom. The van der Waals surface area contributed by atoms with E-state index in [1.807, 2.05) is 0 Å². The molecule has 17 heavy (non-hydrogen) atoms. The third-order valence-electron chi connectivity index (χ3n) is 3.00. The molecule has 96 valence electrons. The molecular weight excluding hydrogens is 234 g/mol. The standard InChI is InChI=1S/C12H21N3OS/c1-8(2)13-6-4-10-14-15-12(17-10)11-9(3)5-7-16-11/h8-9,11,13H,4-7H2,1-3H3. The fourth-order valence-corrected chi connectivity index (χ4v) is 2.99. The monoisotopic (exact) mass is 255 g/mol. The maximum Gasteiger partial charge on any atom is 0.146 e. The lowest BCUT2D eigenvalue weighted by atomic mass is 10.1. The average molecular weight is 255 g/mol. The van der Waals surface area contributed by atoms with Crippen molar-refractivity contribution in [1.82, 2.24) is 15.5 Å². The highest BCUT2D eigenvalue weighted by molar-refractivity contribution is 7.11. The van der Waals surface area contributed by atoms with Crippen LogP contribution in [0.2, 0.25) is 0 Å². The molecule has 1 aromatic heterocycles. The predicted molar refractivity (Wildman–Crippen MR) is 69.2 cm³/mol. The number of hydrogen-bond donors (Lipinski definition) is 1. The summed E-state index contributed by atoms with van der Waals surface area (Å²) in [5, 5.41) is 14.0. The Bertz CT molecular complexity index is 353. The Labute approximate surface area is 107 Å². The zero-order valence-electron chi connectivity index (χ0n) is 10.8. The highest BCUT2D eigenvalue weighted by atomic mass is 32.1. The van der Waals surface area contributed by atoms with E-state index in [0.29, 0.717) is 12.0 Å². The zero-order valence-corrected chi connectivity index (χ0v) is 11.6. The van der Waals surface area contributed by atoms with Crippen molar-refractivity contribution >= 4 is 11.3 Å². The zero-order chi connectivity index (χ0) is 12.3. The van der Waals surface area contributed by atoms with E-state index >= 15 is 0 Å². The molecule has 1 aromatic rings. The third-order valence-corrected chi connectivity index (χ3v) is 4.05. The molecule has 1 fully saturated rings. The molecule has 1 aliphatic rings. The first kappa shape index (κ1) is 12.9. The lowest BCUT2D eigenvalue weighted by molar-refractivity contribution is 0.0937. The van der Waals surface area contributed by atoms with Crippen LogP contribution in [0, 0.1) is 5.92 Å². The van der Waals surface area contributed by atoms with Crippen LogP contribution in [0.4, 0.5) is 0 Å². The van der Waals surface area contributed by atoms with Gasteiger partial charge >= 0.3 is 0 Å². The third kappa shape index (κ3) is 3.47. The maximum atomic E-state index is 5.70. The number of aromatic nitrogens is 2. The van der Waals surface area contributed by atoms with Crippen molar-refractivity contribution in [2.45, 2.75) is 45.8 Å². The topological polar surface area (TPSA) is 47.0 Å². The highest BCUT2D eigenvalue weighted by Crippen LogP contribution is 2.35. The number of rotatable bonds is 5. The first-order valence-electron chi connectivity index (χ1n) is 6.34. The largest absolute Gasteiger partial charge is 0.371 e.